The van der Waals surface area contributed by atoms with Gasteiger partial charge >= 0.3 is 12.1 Å². The minimum absolute atomic E-state index is 0.0320. The maximum Gasteiger partial charge on any atom is 0.407 e. The lowest BCUT2D eigenvalue weighted by Crippen LogP contribution is -2.63. The van der Waals surface area contributed by atoms with Crippen molar-refractivity contribution in [3.05, 3.63) is 59.7 Å². The second-order valence-electron chi connectivity index (χ2n) is 10.2. The third-order valence-electron chi connectivity index (χ3n) is 8.45. The van der Waals surface area contributed by atoms with Gasteiger partial charge in [-0.15, -0.1) is 0 Å². The third kappa shape index (κ3) is 3.87. The minimum atomic E-state index is -1.11. The first kappa shape index (κ1) is 23.4. The van der Waals surface area contributed by atoms with E-state index in [2.05, 4.69) is 29.6 Å². The molecule has 0 spiro atoms. The molecule has 2 N–H and O–H groups in total. The topological polar surface area (TPSA) is 95.9 Å². The van der Waals surface area contributed by atoms with Crippen molar-refractivity contribution in [3.63, 3.8) is 0 Å². The molecule has 2 amide bonds. The highest BCUT2D eigenvalue weighted by atomic mass is 16.5. The Morgan fingerprint density at radius 1 is 0.943 bits per heavy atom. The highest BCUT2D eigenvalue weighted by Crippen LogP contribution is 2.45. The van der Waals surface area contributed by atoms with E-state index < -0.39 is 23.0 Å². The van der Waals surface area contributed by atoms with Crippen LogP contribution in [-0.2, 0) is 14.3 Å². The molecule has 0 aromatic heterocycles. The zero-order valence-electron chi connectivity index (χ0n) is 20.1. The second-order valence-corrected chi connectivity index (χ2v) is 10.2. The number of alkyl carbamates (subject to hydrolysis) is 1. The lowest BCUT2D eigenvalue weighted by Gasteiger charge is -2.47. The number of hydrogen-bond donors (Lipinski definition) is 2. The van der Waals surface area contributed by atoms with Crippen molar-refractivity contribution in [1.29, 1.82) is 0 Å². The summed E-state index contributed by atoms with van der Waals surface area (Å²) < 4.78 is 5.65. The van der Waals surface area contributed by atoms with E-state index in [-0.39, 0.29) is 25.0 Å². The average Bonchev–Trinajstić information content (AvgIpc) is 3.44. The molecule has 3 aliphatic carbocycles. The van der Waals surface area contributed by atoms with Gasteiger partial charge in [-0.05, 0) is 54.4 Å². The Morgan fingerprint density at radius 2 is 1.51 bits per heavy atom. The Bertz CT molecular complexity index is 1100. The number of carbonyl (C=O) groups excluding carboxylic acids is 2. The number of nitrogens with one attached hydrogen (secondary N) is 1. The number of carboxylic acid groups (broad SMARTS) is 1. The summed E-state index contributed by atoms with van der Waals surface area (Å²) in [6.45, 7) is 0.366. The number of hydrogen-bond acceptors (Lipinski definition) is 4. The first-order valence-corrected chi connectivity index (χ1v) is 12.5. The maximum absolute atomic E-state index is 13.5. The van der Waals surface area contributed by atoms with Crippen LogP contribution >= 0.6 is 0 Å². The smallest absolute Gasteiger partial charge is 0.407 e. The molecule has 0 atom stereocenters. The highest BCUT2D eigenvalue weighted by molar-refractivity contribution is 5.91. The number of fused-ring (bicyclic) bond motifs is 3. The van der Waals surface area contributed by atoms with Crippen molar-refractivity contribution in [3.8, 4) is 11.1 Å². The molecule has 0 saturated heterocycles. The molecule has 184 valence electrons. The number of nitrogens with zero attached hydrogens (tertiary/aromatic N) is 1. The summed E-state index contributed by atoms with van der Waals surface area (Å²) in [5.41, 5.74) is 2.72. The van der Waals surface area contributed by atoms with E-state index in [9.17, 15) is 19.5 Å². The molecule has 0 unspecified atom stereocenters. The number of aliphatic carboxylic acids is 1. The molecule has 2 fully saturated rings. The Morgan fingerprint density at radius 3 is 2.03 bits per heavy atom. The number of amides is 2. The van der Waals surface area contributed by atoms with Crippen LogP contribution in [0.25, 0.3) is 11.1 Å². The predicted octanol–water partition coefficient (Wildman–Crippen LogP) is 4.55. The van der Waals surface area contributed by atoms with Crippen LogP contribution in [0.5, 0.6) is 0 Å². The largest absolute Gasteiger partial charge is 0.479 e. The van der Waals surface area contributed by atoms with Crippen LogP contribution in [0, 0.1) is 5.41 Å². The Labute approximate surface area is 205 Å². The van der Waals surface area contributed by atoms with Crippen LogP contribution in [0.4, 0.5) is 4.79 Å². The van der Waals surface area contributed by atoms with E-state index in [1.54, 1.807) is 7.05 Å². The summed E-state index contributed by atoms with van der Waals surface area (Å²) in [6, 6.07) is 16.3. The van der Waals surface area contributed by atoms with E-state index in [1.807, 2.05) is 24.3 Å². The molecule has 35 heavy (non-hydrogen) atoms. The molecule has 0 radical (unpaired) electrons. The molecule has 2 aromatic rings. The lowest BCUT2D eigenvalue weighted by molar-refractivity contribution is -0.168. The van der Waals surface area contributed by atoms with Crippen molar-refractivity contribution in [2.45, 2.75) is 56.4 Å². The van der Waals surface area contributed by atoms with Gasteiger partial charge < -0.3 is 20.1 Å². The fourth-order valence-corrected chi connectivity index (χ4v) is 6.16. The zero-order valence-corrected chi connectivity index (χ0v) is 20.1. The molecule has 0 heterocycles. The number of ether oxygens (including phenoxy) is 1. The van der Waals surface area contributed by atoms with Gasteiger partial charge in [0.15, 0.2) is 0 Å². The Kier molecular flexibility index (Phi) is 6.03. The highest BCUT2D eigenvalue weighted by Gasteiger charge is 2.54. The van der Waals surface area contributed by atoms with Crippen molar-refractivity contribution < 1.29 is 24.2 Å². The SMILES string of the molecule is CN(C(=O)C1(CNC(=O)OCC2c3ccccc3-c3ccccc32)CCCC1)C1(C(=O)O)CCC1. The summed E-state index contributed by atoms with van der Waals surface area (Å²) in [4.78, 5) is 39.6. The van der Waals surface area contributed by atoms with Crippen LogP contribution < -0.4 is 5.32 Å². The lowest BCUT2D eigenvalue weighted by atomic mass is 9.73. The summed E-state index contributed by atoms with van der Waals surface area (Å²) in [5.74, 6) is -1.16. The number of carbonyl (C=O) groups is 3. The summed E-state index contributed by atoms with van der Waals surface area (Å²) in [6.07, 6.45) is 4.23. The fraction of sp³-hybridized carbons (Fsp3) is 0.464. The van der Waals surface area contributed by atoms with Crippen molar-refractivity contribution >= 4 is 18.0 Å². The Balaban J connectivity index is 1.24. The summed E-state index contributed by atoms with van der Waals surface area (Å²) in [7, 11) is 1.60. The fourth-order valence-electron chi connectivity index (χ4n) is 6.16. The van der Waals surface area contributed by atoms with Gasteiger partial charge in [-0.2, -0.15) is 0 Å². The standard InChI is InChI=1S/C28H32N2O5/c1-30(28(25(32)33)15-8-16-28)24(31)27(13-6-7-14-27)18-29-26(34)35-17-23-21-11-4-2-9-19(21)20-10-3-5-12-22(20)23/h2-5,9-12,23H,6-8,13-18H2,1H3,(H,29,34)(H,32,33). The molecule has 3 aliphatic rings. The quantitative estimate of drug-likeness (QED) is 0.611. The molecule has 5 rings (SSSR count). The van der Waals surface area contributed by atoms with Crippen molar-refractivity contribution in [1.82, 2.24) is 10.2 Å². The van der Waals surface area contributed by atoms with Crippen molar-refractivity contribution in [2.24, 2.45) is 5.41 Å². The molecule has 0 aliphatic heterocycles. The van der Waals surface area contributed by atoms with E-state index in [0.717, 1.165) is 30.4 Å². The van der Waals surface area contributed by atoms with Crippen LogP contribution in [0.2, 0.25) is 0 Å². The van der Waals surface area contributed by atoms with Crippen LogP contribution in [-0.4, -0.2) is 53.7 Å². The van der Waals surface area contributed by atoms with Crippen LogP contribution in [0.1, 0.15) is 62.0 Å². The molecular formula is C28H32N2O5. The molecule has 2 saturated carbocycles. The van der Waals surface area contributed by atoms with E-state index >= 15 is 0 Å². The number of carboxylic acids is 1. The normalized spacial score (nSPS) is 19.2. The molecule has 7 heteroatoms. The van der Waals surface area contributed by atoms with Gasteiger partial charge in [0.05, 0.1) is 5.41 Å². The number of likely N-dealkylation sites (N-methyl/N-ethyl adjacent to an activating group) is 1. The van der Waals surface area contributed by atoms with Crippen molar-refractivity contribution in [2.75, 3.05) is 20.2 Å². The molecule has 0 bridgehead atoms. The number of rotatable bonds is 7. The molecule has 7 nitrogen and oxygen atoms in total. The van der Waals surface area contributed by atoms with Crippen LogP contribution in [0.15, 0.2) is 48.5 Å². The monoisotopic (exact) mass is 476 g/mol. The van der Waals surface area contributed by atoms with Crippen LogP contribution in [0.3, 0.4) is 0 Å². The Hall–Kier alpha value is -3.35. The molecular weight excluding hydrogens is 444 g/mol. The average molecular weight is 477 g/mol. The van der Waals surface area contributed by atoms with Gasteiger partial charge in [-0.3, -0.25) is 4.79 Å². The predicted molar refractivity (Wildman–Crippen MR) is 131 cm³/mol. The van der Waals surface area contributed by atoms with Gasteiger partial charge in [0.2, 0.25) is 5.91 Å². The maximum atomic E-state index is 13.5. The minimum Gasteiger partial charge on any atom is -0.479 e. The summed E-state index contributed by atoms with van der Waals surface area (Å²) >= 11 is 0. The van der Waals surface area contributed by atoms with Gasteiger partial charge in [0.25, 0.3) is 0 Å². The van der Waals surface area contributed by atoms with Gasteiger partial charge in [-0.25, -0.2) is 9.59 Å². The molecule has 2 aromatic carbocycles. The van der Waals surface area contributed by atoms with E-state index in [1.165, 1.54) is 16.0 Å². The van der Waals surface area contributed by atoms with Gasteiger partial charge in [-0.1, -0.05) is 61.4 Å². The first-order valence-electron chi connectivity index (χ1n) is 12.5. The van der Waals surface area contributed by atoms with Gasteiger partial charge in [0, 0.05) is 19.5 Å². The first-order chi connectivity index (χ1) is 16.9. The van der Waals surface area contributed by atoms with E-state index in [0.29, 0.717) is 25.7 Å². The zero-order chi connectivity index (χ0) is 24.6. The van der Waals surface area contributed by atoms with Gasteiger partial charge in [0.1, 0.15) is 12.1 Å². The second kappa shape index (κ2) is 9.02. The third-order valence-corrected chi connectivity index (χ3v) is 8.45. The van der Waals surface area contributed by atoms with E-state index in [4.69, 9.17) is 4.74 Å². The number of benzene rings is 2. The summed E-state index contributed by atoms with van der Waals surface area (Å²) in [5, 5.41) is 12.6.